The molecule has 5 nitrogen and oxygen atoms in total. The number of hydrogen-bond donors (Lipinski definition) is 1. The van der Waals surface area contributed by atoms with Crippen LogP contribution in [-0.2, 0) is 0 Å². The van der Waals surface area contributed by atoms with Crippen LogP contribution in [0.3, 0.4) is 0 Å². The number of hydrogen-bond acceptors (Lipinski definition) is 5. The maximum atomic E-state index is 5.69. The molecular formula is C14H26N4O. The molecule has 1 rings (SSSR count). The van der Waals surface area contributed by atoms with E-state index in [2.05, 4.69) is 47.9 Å². The van der Waals surface area contributed by atoms with Gasteiger partial charge in [-0.3, -0.25) is 4.90 Å². The van der Waals surface area contributed by atoms with Gasteiger partial charge in [-0.25, -0.2) is 9.97 Å². The molecule has 0 fully saturated rings. The molecule has 1 heterocycles. The predicted molar refractivity (Wildman–Crippen MR) is 78.7 cm³/mol. The monoisotopic (exact) mass is 266 g/mol. The van der Waals surface area contributed by atoms with Crippen molar-refractivity contribution in [1.82, 2.24) is 14.9 Å². The van der Waals surface area contributed by atoms with Gasteiger partial charge in [0.25, 0.3) is 0 Å². The highest BCUT2D eigenvalue weighted by Crippen LogP contribution is 2.11. The minimum Gasteiger partial charge on any atom is -0.476 e. The van der Waals surface area contributed by atoms with E-state index in [0.717, 1.165) is 18.9 Å². The highest BCUT2D eigenvalue weighted by Gasteiger charge is 2.13. The highest BCUT2D eigenvalue weighted by molar-refractivity contribution is 5.36. The zero-order chi connectivity index (χ0) is 14.3. The standard InChI is InChI=1S/C14H26N4O/c1-6-15-13-9-14(17-10-16-13)19-8-7-18(11(2)3)12(4)5/h9-12H,6-8H2,1-5H3,(H,15,16,17). The first-order valence-corrected chi connectivity index (χ1v) is 6.99. The van der Waals surface area contributed by atoms with Crippen LogP contribution in [0.1, 0.15) is 34.6 Å². The average molecular weight is 266 g/mol. The van der Waals surface area contributed by atoms with Gasteiger partial charge in [0.2, 0.25) is 5.88 Å². The van der Waals surface area contributed by atoms with Crippen LogP contribution in [0.15, 0.2) is 12.4 Å². The molecule has 0 aliphatic rings. The summed E-state index contributed by atoms with van der Waals surface area (Å²) in [6, 6.07) is 2.87. The fourth-order valence-electron chi connectivity index (χ4n) is 2.06. The second-order valence-electron chi connectivity index (χ2n) is 5.05. The number of aromatic nitrogens is 2. The first kappa shape index (κ1) is 15.7. The summed E-state index contributed by atoms with van der Waals surface area (Å²) in [6.07, 6.45) is 1.52. The van der Waals surface area contributed by atoms with Gasteiger partial charge in [-0.15, -0.1) is 0 Å². The zero-order valence-corrected chi connectivity index (χ0v) is 12.7. The lowest BCUT2D eigenvalue weighted by molar-refractivity contribution is 0.140. The van der Waals surface area contributed by atoms with E-state index in [9.17, 15) is 0 Å². The lowest BCUT2D eigenvalue weighted by Gasteiger charge is -2.30. The van der Waals surface area contributed by atoms with Crippen LogP contribution in [-0.4, -0.2) is 46.6 Å². The van der Waals surface area contributed by atoms with Crippen molar-refractivity contribution < 1.29 is 4.74 Å². The fourth-order valence-corrected chi connectivity index (χ4v) is 2.06. The lowest BCUT2D eigenvalue weighted by Crippen LogP contribution is -2.39. The third-order valence-corrected chi connectivity index (χ3v) is 2.93. The summed E-state index contributed by atoms with van der Waals surface area (Å²) in [5, 5.41) is 3.14. The van der Waals surface area contributed by atoms with Gasteiger partial charge >= 0.3 is 0 Å². The molecule has 0 spiro atoms. The van der Waals surface area contributed by atoms with Crippen molar-refractivity contribution in [1.29, 1.82) is 0 Å². The molecule has 0 aromatic carbocycles. The van der Waals surface area contributed by atoms with E-state index >= 15 is 0 Å². The van der Waals surface area contributed by atoms with E-state index in [1.165, 1.54) is 6.33 Å². The molecule has 0 aliphatic carbocycles. The molecule has 0 amide bonds. The number of ether oxygens (including phenoxy) is 1. The number of rotatable bonds is 8. The normalized spacial score (nSPS) is 11.4. The Morgan fingerprint density at radius 1 is 1.21 bits per heavy atom. The van der Waals surface area contributed by atoms with E-state index in [1.807, 2.05) is 13.0 Å². The first-order valence-electron chi connectivity index (χ1n) is 6.99. The van der Waals surface area contributed by atoms with Crippen LogP contribution in [0.4, 0.5) is 5.82 Å². The van der Waals surface area contributed by atoms with E-state index in [1.54, 1.807) is 0 Å². The molecule has 0 unspecified atom stereocenters. The smallest absolute Gasteiger partial charge is 0.218 e. The molecule has 0 saturated heterocycles. The molecule has 5 heteroatoms. The summed E-state index contributed by atoms with van der Waals surface area (Å²) in [6.45, 7) is 13.2. The second kappa shape index (κ2) is 7.94. The summed E-state index contributed by atoms with van der Waals surface area (Å²) in [5.41, 5.74) is 0. The number of anilines is 1. The van der Waals surface area contributed by atoms with Crippen LogP contribution in [0.2, 0.25) is 0 Å². The molecule has 0 atom stereocenters. The van der Waals surface area contributed by atoms with Gasteiger partial charge in [0.05, 0.1) is 0 Å². The van der Waals surface area contributed by atoms with E-state index < -0.39 is 0 Å². The van der Waals surface area contributed by atoms with Crippen LogP contribution >= 0.6 is 0 Å². The van der Waals surface area contributed by atoms with E-state index in [4.69, 9.17) is 4.74 Å². The Morgan fingerprint density at radius 3 is 2.47 bits per heavy atom. The van der Waals surface area contributed by atoms with Crippen molar-refractivity contribution in [3.8, 4) is 5.88 Å². The summed E-state index contributed by atoms with van der Waals surface area (Å²) < 4.78 is 5.69. The van der Waals surface area contributed by atoms with Gasteiger partial charge < -0.3 is 10.1 Å². The van der Waals surface area contributed by atoms with Crippen LogP contribution in [0.5, 0.6) is 5.88 Å². The van der Waals surface area contributed by atoms with Gasteiger partial charge in [-0.1, -0.05) is 0 Å². The molecule has 1 aromatic rings. The molecule has 1 N–H and O–H groups in total. The SMILES string of the molecule is CCNc1cc(OCCN(C(C)C)C(C)C)ncn1. The van der Waals surface area contributed by atoms with Crippen LogP contribution in [0.25, 0.3) is 0 Å². The topological polar surface area (TPSA) is 50.3 Å². The Bertz CT molecular complexity index is 360. The fraction of sp³-hybridized carbons (Fsp3) is 0.714. The van der Waals surface area contributed by atoms with Crippen molar-refractivity contribution in [2.45, 2.75) is 46.7 Å². The Kier molecular flexibility index (Phi) is 6.56. The Morgan fingerprint density at radius 2 is 1.89 bits per heavy atom. The van der Waals surface area contributed by atoms with Crippen molar-refractivity contribution >= 4 is 5.82 Å². The van der Waals surface area contributed by atoms with Crippen molar-refractivity contribution in [2.24, 2.45) is 0 Å². The van der Waals surface area contributed by atoms with Crippen molar-refractivity contribution in [2.75, 3.05) is 25.0 Å². The molecule has 0 bridgehead atoms. The molecule has 108 valence electrons. The van der Waals surface area contributed by atoms with E-state index in [-0.39, 0.29) is 0 Å². The Hall–Kier alpha value is -1.36. The highest BCUT2D eigenvalue weighted by atomic mass is 16.5. The number of nitrogens with zero attached hydrogens (tertiary/aromatic N) is 3. The van der Waals surface area contributed by atoms with Gasteiger partial charge in [0, 0.05) is 31.2 Å². The number of nitrogens with one attached hydrogen (secondary N) is 1. The van der Waals surface area contributed by atoms with Crippen LogP contribution < -0.4 is 10.1 Å². The quantitative estimate of drug-likeness (QED) is 0.783. The van der Waals surface area contributed by atoms with Gasteiger partial charge in [-0.2, -0.15) is 0 Å². The molecule has 0 aliphatic heterocycles. The average Bonchev–Trinajstić information content (AvgIpc) is 2.34. The summed E-state index contributed by atoms with van der Waals surface area (Å²) >= 11 is 0. The van der Waals surface area contributed by atoms with Gasteiger partial charge in [0.15, 0.2) is 0 Å². The van der Waals surface area contributed by atoms with Gasteiger partial charge in [0.1, 0.15) is 18.8 Å². The second-order valence-corrected chi connectivity index (χ2v) is 5.05. The van der Waals surface area contributed by atoms with Crippen molar-refractivity contribution in [3.63, 3.8) is 0 Å². The van der Waals surface area contributed by atoms with Gasteiger partial charge in [-0.05, 0) is 34.6 Å². The molecule has 0 radical (unpaired) electrons. The largest absolute Gasteiger partial charge is 0.476 e. The molecule has 0 saturated carbocycles. The van der Waals surface area contributed by atoms with Crippen molar-refractivity contribution in [3.05, 3.63) is 12.4 Å². The molecule has 1 aromatic heterocycles. The third-order valence-electron chi connectivity index (χ3n) is 2.93. The van der Waals surface area contributed by atoms with Crippen LogP contribution in [0, 0.1) is 0 Å². The summed E-state index contributed by atoms with van der Waals surface area (Å²) in [7, 11) is 0. The third kappa shape index (κ3) is 5.42. The predicted octanol–water partition coefficient (Wildman–Crippen LogP) is 2.41. The maximum absolute atomic E-state index is 5.69. The summed E-state index contributed by atoms with van der Waals surface area (Å²) in [4.78, 5) is 10.6. The Labute approximate surface area is 116 Å². The Balaban J connectivity index is 2.45. The maximum Gasteiger partial charge on any atom is 0.218 e. The zero-order valence-electron chi connectivity index (χ0n) is 12.7. The molecule has 19 heavy (non-hydrogen) atoms. The first-order chi connectivity index (χ1) is 9.04. The minimum absolute atomic E-state index is 0.520. The lowest BCUT2D eigenvalue weighted by atomic mass is 10.2. The molecular weight excluding hydrogens is 240 g/mol. The minimum atomic E-state index is 0.520. The summed E-state index contributed by atoms with van der Waals surface area (Å²) in [5.74, 6) is 1.43. The van der Waals surface area contributed by atoms with E-state index in [0.29, 0.717) is 24.6 Å².